The zero-order chi connectivity index (χ0) is 16.4. The van der Waals surface area contributed by atoms with Crippen LogP contribution in [0.1, 0.15) is 5.69 Å². The minimum Gasteiger partial charge on any atom is -0.324 e. The third-order valence-corrected chi connectivity index (χ3v) is 4.03. The summed E-state index contributed by atoms with van der Waals surface area (Å²) >= 11 is 7.10. The average Bonchev–Trinajstić information content (AvgIpc) is 3.03. The van der Waals surface area contributed by atoms with Crippen molar-refractivity contribution >= 4 is 34.6 Å². The number of nitrogens with zero attached hydrogens (tertiary/aromatic N) is 2. The molecule has 0 saturated carbocycles. The van der Waals surface area contributed by atoms with Crippen molar-refractivity contribution in [1.29, 1.82) is 0 Å². The molecule has 8 heteroatoms. The molecule has 3 nitrogen and oxygen atoms in total. The molecule has 0 bridgehead atoms. The Kier molecular flexibility index (Phi) is 4.23. The average molecular weight is 356 g/mol. The first-order chi connectivity index (χ1) is 10.9. The van der Waals surface area contributed by atoms with Crippen LogP contribution in [0.3, 0.4) is 0 Å². The van der Waals surface area contributed by atoms with Crippen LogP contribution in [0.4, 0.5) is 24.8 Å². The first-order valence-electron chi connectivity index (χ1n) is 6.44. The standard InChI is InChI=1S/C15H9ClF3N3S/c16-9-3-5-10(6-4-9)20-14-21-11(12-2-1-7-23-12)8-13(22-14)15(17,18)19/h1-8H,(H,20,21,22). The summed E-state index contributed by atoms with van der Waals surface area (Å²) in [6.45, 7) is 0. The first kappa shape index (κ1) is 15.8. The Labute approximate surface area is 138 Å². The number of halogens is 4. The van der Waals surface area contributed by atoms with Gasteiger partial charge in [0.15, 0.2) is 5.69 Å². The lowest BCUT2D eigenvalue weighted by Crippen LogP contribution is -2.11. The van der Waals surface area contributed by atoms with Crippen molar-refractivity contribution in [2.45, 2.75) is 6.18 Å². The van der Waals surface area contributed by atoms with E-state index in [1.165, 1.54) is 11.3 Å². The lowest BCUT2D eigenvalue weighted by molar-refractivity contribution is -0.141. The molecule has 23 heavy (non-hydrogen) atoms. The SMILES string of the molecule is FC(F)(F)c1cc(-c2cccs2)nc(Nc2ccc(Cl)cc2)n1. The maximum absolute atomic E-state index is 13.0. The molecule has 3 aromatic rings. The molecule has 0 aliphatic heterocycles. The summed E-state index contributed by atoms with van der Waals surface area (Å²) in [5.74, 6) is -0.120. The van der Waals surface area contributed by atoms with Gasteiger partial charge in [0.05, 0.1) is 10.6 Å². The summed E-state index contributed by atoms with van der Waals surface area (Å²) in [4.78, 5) is 8.36. The minimum atomic E-state index is -4.55. The number of alkyl halides is 3. The maximum atomic E-state index is 13.0. The highest BCUT2D eigenvalue weighted by Crippen LogP contribution is 2.33. The van der Waals surface area contributed by atoms with E-state index < -0.39 is 11.9 Å². The van der Waals surface area contributed by atoms with Crippen molar-refractivity contribution in [3.8, 4) is 10.6 Å². The van der Waals surface area contributed by atoms with Crippen LogP contribution < -0.4 is 5.32 Å². The topological polar surface area (TPSA) is 37.8 Å². The number of nitrogens with one attached hydrogen (secondary N) is 1. The van der Waals surface area contributed by atoms with E-state index in [4.69, 9.17) is 11.6 Å². The molecular weight excluding hydrogens is 347 g/mol. The van der Waals surface area contributed by atoms with Gasteiger partial charge in [-0.1, -0.05) is 17.7 Å². The van der Waals surface area contributed by atoms with E-state index >= 15 is 0 Å². The Morgan fingerprint density at radius 1 is 1.04 bits per heavy atom. The van der Waals surface area contributed by atoms with Gasteiger partial charge < -0.3 is 5.32 Å². The fourth-order valence-electron chi connectivity index (χ4n) is 1.86. The van der Waals surface area contributed by atoms with E-state index in [1.807, 2.05) is 0 Å². The molecule has 0 saturated heterocycles. The zero-order valence-electron chi connectivity index (χ0n) is 11.4. The molecule has 0 amide bonds. The minimum absolute atomic E-state index is 0.120. The van der Waals surface area contributed by atoms with E-state index in [9.17, 15) is 13.2 Å². The van der Waals surface area contributed by atoms with Gasteiger partial charge in [-0.05, 0) is 41.8 Å². The van der Waals surface area contributed by atoms with E-state index in [2.05, 4.69) is 15.3 Å². The van der Waals surface area contributed by atoms with Crippen LogP contribution in [0.2, 0.25) is 5.02 Å². The molecule has 1 N–H and O–H groups in total. The van der Waals surface area contributed by atoms with Crippen molar-refractivity contribution < 1.29 is 13.2 Å². The van der Waals surface area contributed by atoms with Gasteiger partial charge in [-0.15, -0.1) is 11.3 Å². The number of anilines is 2. The van der Waals surface area contributed by atoms with Gasteiger partial charge in [0.1, 0.15) is 0 Å². The van der Waals surface area contributed by atoms with E-state index in [0.29, 0.717) is 15.6 Å². The predicted octanol–water partition coefficient (Wildman–Crippen LogP) is 5.62. The Morgan fingerprint density at radius 2 is 1.78 bits per heavy atom. The summed E-state index contributed by atoms with van der Waals surface area (Å²) in [5.41, 5.74) is -0.225. The van der Waals surface area contributed by atoms with Gasteiger partial charge in [-0.25, -0.2) is 9.97 Å². The van der Waals surface area contributed by atoms with Gasteiger partial charge in [-0.2, -0.15) is 13.2 Å². The molecular formula is C15H9ClF3N3S. The molecule has 0 aliphatic rings. The van der Waals surface area contributed by atoms with Crippen LogP contribution in [0.5, 0.6) is 0 Å². The fourth-order valence-corrected chi connectivity index (χ4v) is 2.67. The third-order valence-electron chi connectivity index (χ3n) is 2.89. The molecule has 2 aromatic heterocycles. The van der Waals surface area contributed by atoms with Crippen molar-refractivity contribution in [2.24, 2.45) is 0 Å². The molecule has 0 spiro atoms. The second-order valence-corrected chi connectivity index (χ2v) is 5.95. The quantitative estimate of drug-likeness (QED) is 0.662. The lowest BCUT2D eigenvalue weighted by atomic mass is 10.2. The maximum Gasteiger partial charge on any atom is 0.433 e. The molecule has 0 atom stereocenters. The molecule has 0 unspecified atom stereocenters. The van der Waals surface area contributed by atoms with Crippen LogP contribution in [-0.4, -0.2) is 9.97 Å². The highest BCUT2D eigenvalue weighted by Gasteiger charge is 2.34. The molecule has 0 fully saturated rings. The number of rotatable bonds is 3. The van der Waals surface area contributed by atoms with Crippen LogP contribution in [0.15, 0.2) is 47.8 Å². The molecule has 3 rings (SSSR count). The second-order valence-electron chi connectivity index (χ2n) is 4.57. The van der Waals surface area contributed by atoms with E-state index in [1.54, 1.807) is 41.8 Å². The molecule has 0 aliphatic carbocycles. The number of hydrogen-bond donors (Lipinski definition) is 1. The largest absolute Gasteiger partial charge is 0.433 e. The van der Waals surface area contributed by atoms with Crippen LogP contribution in [-0.2, 0) is 6.18 Å². The Balaban J connectivity index is 2.01. The van der Waals surface area contributed by atoms with Crippen LogP contribution in [0.25, 0.3) is 10.6 Å². The predicted molar refractivity (Wildman–Crippen MR) is 85.1 cm³/mol. The van der Waals surface area contributed by atoms with E-state index in [-0.39, 0.29) is 11.6 Å². The van der Waals surface area contributed by atoms with Crippen molar-refractivity contribution in [3.63, 3.8) is 0 Å². The molecule has 1 aromatic carbocycles. The lowest BCUT2D eigenvalue weighted by Gasteiger charge is -2.11. The smallest absolute Gasteiger partial charge is 0.324 e. The number of aromatic nitrogens is 2. The van der Waals surface area contributed by atoms with Gasteiger partial charge in [0, 0.05) is 10.7 Å². The third kappa shape index (κ3) is 3.80. The second kappa shape index (κ2) is 6.17. The molecule has 118 valence electrons. The Hall–Kier alpha value is -2.12. The molecule has 2 heterocycles. The van der Waals surface area contributed by atoms with Crippen LogP contribution in [0, 0.1) is 0 Å². The Morgan fingerprint density at radius 3 is 2.39 bits per heavy atom. The summed E-state index contributed by atoms with van der Waals surface area (Å²) in [6.07, 6.45) is -4.55. The van der Waals surface area contributed by atoms with Crippen molar-refractivity contribution in [3.05, 3.63) is 58.6 Å². The number of thiophene rings is 1. The fraction of sp³-hybridized carbons (Fsp3) is 0.0667. The van der Waals surface area contributed by atoms with Gasteiger partial charge in [0.25, 0.3) is 0 Å². The van der Waals surface area contributed by atoms with Crippen molar-refractivity contribution in [1.82, 2.24) is 9.97 Å². The Bertz CT molecular complexity index is 802. The summed E-state index contributed by atoms with van der Waals surface area (Å²) in [5, 5.41) is 5.07. The zero-order valence-corrected chi connectivity index (χ0v) is 13.0. The van der Waals surface area contributed by atoms with Crippen LogP contribution >= 0.6 is 22.9 Å². The normalized spacial score (nSPS) is 11.5. The summed E-state index contributed by atoms with van der Waals surface area (Å²) in [7, 11) is 0. The number of benzene rings is 1. The summed E-state index contributed by atoms with van der Waals surface area (Å²) in [6, 6.07) is 10.9. The van der Waals surface area contributed by atoms with Gasteiger partial charge in [0.2, 0.25) is 5.95 Å². The van der Waals surface area contributed by atoms with Gasteiger partial charge >= 0.3 is 6.18 Å². The number of hydrogen-bond acceptors (Lipinski definition) is 4. The van der Waals surface area contributed by atoms with Crippen molar-refractivity contribution in [2.75, 3.05) is 5.32 Å². The van der Waals surface area contributed by atoms with Gasteiger partial charge in [-0.3, -0.25) is 0 Å². The first-order valence-corrected chi connectivity index (χ1v) is 7.70. The summed E-state index contributed by atoms with van der Waals surface area (Å²) < 4.78 is 39.1. The monoisotopic (exact) mass is 355 g/mol. The molecule has 0 radical (unpaired) electrons. The highest BCUT2D eigenvalue weighted by molar-refractivity contribution is 7.13. The van der Waals surface area contributed by atoms with E-state index in [0.717, 1.165) is 6.07 Å². The highest BCUT2D eigenvalue weighted by atomic mass is 35.5.